The fraction of sp³-hybridized carbons (Fsp3) is 0.615. The van der Waals surface area contributed by atoms with Gasteiger partial charge in [-0.1, -0.05) is 0 Å². The summed E-state index contributed by atoms with van der Waals surface area (Å²) in [6.45, 7) is 1.74. The maximum atomic E-state index is 12.1. The summed E-state index contributed by atoms with van der Waals surface area (Å²) in [6, 6.07) is -0.0957. The molecule has 1 aliphatic heterocycles. The van der Waals surface area contributed by atoms with Crippen molar-refractivity contribution < 1.29 is 14.7 Å². The number of hydrogen-bond acceptors (Lipinski definition) is 4. The van der Waals surface area contributed by atoms with E-state index in [1.54, 1.807) is 17.3 Å². The van der Waals surface area contributed by atoms with Gasteiger partial charge in [0, 0.05) is 44.6 Å². The van der Waals surface area contributed by atoms with Crippen LogP contribution in [-0.4, -0.2) is 57.7 Å². The average Bonchev–Trinajstić information content (AvgIpc) is 3.01. The third kappa shape index (κ3) is 3.57. The molecule has 1 aromatic rings. The zero-order valence-corrected chi connectivity index (χ0v) is 11.4. The Morgan fingerprint density at radius 2 is 2.10 bits per heavy atom. The maximum Gasteiger partial charge on any atom is 0.329 e. The molecule has 110 valence electrons. The fourth-order valence-corrected chi connectivity index (χ4v) is 2.30. The Morgan fingerprint density at radius 3 is 2.70 bits per heavy atom. The van der Waals surface area contributed by atoms with Crippen molar-refractivity contribution in [3.8, 4) is 0 Å². The van der Waals surface area contributed by atoms with E-state index < -0.39 is 0 Å². The van der Waals surface area contributed by atoms with Crippen LogP contribution in [0.5, 0.6) is 0 Å². The number of rotatable bonds is 4. The molecule has 0 saturated carbocycles. The molecule has 7 nitrogen and oxygen atoms in total. The van der Waals surface area contributed by atoms with Crippen LogP contribution in [0.3, 0.4) is 0 Å². The van der Waals surface area contributed by atoms with Crippen LogP contribution in [0.2, 0.25) is 0 Å². The van der Waals surface area contributed by atoms with Gasteiger partial charge in [0.05, 0.1) is 0 Å². The lowest BCUT2D eigenvalue weighted by Crippen LogP contribution is -2.44. The molecule has 0 atom stereocenters. The van der Waals surface area contributed by atoms with Gasteiger partial charge in [-0.2, -0.15) is 0 Å². The largest absolute Gasteiger partial charge is 0.396 e. The van der Waals surface area contributed by atoms with Gasteiger partial charge in [-0.05, 0) is 19.3 Å². The van der Waals surface area contributed by atoms with E-state index in [0.717, 1.165) is 0 Å². The SMILES string of the molecule is O=C(NCCCO)C1CCN(C(=O)n2ccnc2)CC1. The number of nitrogens with one attached hydrogen (secondary N) is 1. The molecule has 7 heteroatoms. The molecule has 0 bridgehead atoms. The Labute approximate surface area is 117 Å². The van der Waals surface area contributed by atoms with E-state index in [1.165, 1.54) is 10.9 Å². The number of carbonyl (C=O) groups excluding carboxylic acids is 2. The van der Waals surface area contributed by atoms with Crippen LogP contribution < -0.4 is 5.32 Å². The van der Waals surface area contributed by atoms with Crippen molar-refractivity contribution in [2.24, 2.45) is 5.92 Å². The smallest absolute Gasteiger partial charge is 0.329 e. The second-order valence-corrected chi connectivity index (χ2v) is 4.88. The highest BCUT2D eigenvalue weighted by Crippen LogP contribution is 2.18. The van der Waals surface area contributed by atoms with E-state index in [1.807, 2.05) is 0 Å². The second-order valence-electron chi connectivity index (χ2n) is 4.88. The van der Waals surface area contributed by atoms with Crippen LogP contribution in [0.4, 0.5) is 4.79 Å². The van der Waals surface area contributed by atoms with Crippen molar-refractivity contribution in [2.75, 3.05) is 26.2 Å². The number of nitrogens with zero attached hydrogens (tertiary/aromatic N) is 3. The molecular weight excluding hydrogens is 260 g/mol. The minimum Gasteiger partial charge on any atom is -0.396 e. The van der Waals surface area contributed by atoms with Crippen LogP contribution in [0, 0.1) is 5.92 Å². The summed E-state index contributed by atoms with van der Waals surface area (Å²) in [5.41, 5.74) is 0. The van der Waals surface area contributed by atoms with E-state index in [4.69, 9.17) is 5.11 Å². The first-order chi connectivity index (χ1) is 9.72. The van der Waals surface area contributed by atoms with E-state index in [-0.39, 0.29) is 24.5 Å². The molecular formula is C13H20N4O3. The van der Waals surface area contributed by atoms with E-state index >= 15 is 0 Å². The standard InChI is InChI=1S/C13H20N4O3/c18-9-1-4-15-12(19)11-2-6-16(7-3-11)13(20)17-8-5-14-10-17/h5,8,10-11,18H,1-4,6-7,9H2,(H,15,19). The number of aliphatic hydroxyl groups excluding tert-OH is 1. The highest BCUT2D eigenvalue weighted by molar-refractivity contribution is 5.80. The molecule has 1 fully saturated rings. The number of likely N-dealkylation sites (tertiary alicyclic amines) is 1. The molecule has 1 saturated heterocycles. The molecule has 0 aliphatic carbocycles. The van der Waals surface area contributed by atoms with Crippen molar-refractivity contribution in [1.82, 2.24) is 19.8 Å². The molecule has 0 aromatic carbocycles. The minimum atomic E-state index is -0.0957. The van der Waals surface area contributed by atoms with Gasteiger partial charge in [-0.25, -0.2) is 9.78 Å². The lowest BCUT2D eigenvalue weighted by molar-refractivity contribution is -0.126. The van der Waals surface area contributed by atoms with Crippen LogP contribution in [0.15, 0.2) is 18.7 Å². The van der Waals surface area contributed by atoms with Gasteiger partial charge in [0.25, 0.3) is 0 Å². The van der Waals surface area contributed by atoms with Gasteiger partial charge >= 0.3 is 6.03 Å². The Hall–Kier alpha value is -1.89. The predicted molar refractivity (Wildman–Crippen MR) is 72.0 cm³/mol. The van der Waals surface area contributed by atoms with Crippen LogP contribution >= 0.6 is 0 Å². The number of aromatic nitrogens is 2. The van der Waals surface area contributed by atoms with Crippen molar-refractivity contribution in [2.45, 2.75) is 19.3 Å². The Morgan fingerprint density at radius 1 is 1.35 bits per heavy atom. The van der Waals surface area contributed by atoms with Gasteiger partial charge in [0.2, 0.25) is 5.91 Å². The van der Waals surface area contributed by atoms with E-state index in [0.29, 0.717) is 38.9 Å². The molecule has 20 heavy (non-hydrogen) atoms. The van der Waals surface area contributed by atoms with Crippen molar-refractivity contribution in [3.05, 3.63) is 18.7 Å². The summed E-state index contributed by atoms with van der Waals surface area (Å²) >= 11 is 0. The third-order valence-electron chi connectivity index (χ3n) is 3.50. The van der Waals surface area contributed by atoms with Crippen molar-refractivity contribution >= 4 is 11.9 Å². The summed E-state index contributed by atoms with van der Waals surface area (Å²) in [7, 11) is 0. The van der Waals surface area contributed by atoms with Gasteiger partial charge in [-0.15, -0.1) is 0 Å². The van der Waals surface area contributed by atoms with Crippen LogP contribution in [0.1, 0.15) is 19.3 Å². The summed E-state index contributed by atoms with van der Waals surface area (Å²) < 4.78 is 1.45. The molecule has 2 heterocycles. The number of amides is 2. The first-order valence-corrected chi connectivity index (χ1v) is 6.88. The van der Waals surface area contributed by atoms with Crippen LogP contribution in [-0.2, 0) is 4.79 Å². The molecule has 0 spiro atoms. The van der Waals surface area contributed by atoms with Crippen molar-refractivity contribution in [1.29, 1.82) is 0 Å². The number of imidazole rings is 1. The molecule has 2 N–H and O–H groups in total. The lowest BCUT2D eigenvalue weighted by Gasteiger charge is -2.31. The first kappa shape index (κ1) is 14.5. The highest BCUT2D eigenvalue weighted by atomic mass is 16.3. The average molecular weight is 280 g/mol. The topological polar surface area (TPSA) is 87.5 Å². The summed E-state index contributed by atoms with van der Waals surface area (Å²) in [5.74, 6) is -0.0197. The molecule has 1 aliphatic rings. The fourth-order valence-electron chi connectivity index (χ4n) is 2.30. The Bertz CT molecular complexity index is 438. The number of carbonyl (C=O) groups is 2. The maximum absolute atomic E-state index is 12.1. The summed E-state index contributed by atoms with van der Waals surface area (Å²) in [6.07, 6.45) is 6.59. The van der Waals surface area contributed by atoms with Gasteiger partial charge < -0.3 is 15.3 Å². The molecule has 2 rings (SSSR count). The minimum absolute atomic E-state index is 0.0215. The molecule has 1 aromatic heterocycles. The predicted octanol–water partition coefficient (Wildman–Crippen LogP) is 0.0618. The van der Waals surface area contributed by atoms with Gasteiger partial charge in [0.15, 0.2) is 0 Å². The zero-order valence-electron chi connectivity index (χ0n) is 11.4. The third-order valence-corrected chi connectivity index (χ3v) is 3.50. The molecule has 0 radical (unpaired) electrons. The number of hydrogen-bond donors (Lipinski definition) is 2. The monoisotopic (exact) mass is 280 g/mol. The molecule has 2 amide bonds. The second kappa shape index (κ2) is 7.04. The van der Waals surface area contributed by atoms with Crippen LogP contribution in [0.25, 0.3) is 0 Å². The lowest BCUT2D eigenvalue weighted by atomic mass is 9.96. The number of piperidine rings is 1. The van der Waals surface area contributed by atoms with Crippen molar-refractivity contribution in [3.63, 3.8) is 0 Å². The quantitative estimate of drug-likeness (QED) is 0.764. The first-order valence-electron chi connectivity index (χ1n) is 6.88. The van der Waals surface area contributed by atoms with Gasteiger partial charge in [0.1, 0.15) is 6.33 Å². The normalized spacial score (nSPS) is 16.1. The summed E-state index contributed by atoms with van der Waals surface area (Å²) in [4.78, 5) is 29.5. The van der Waals surface area contributed by atoms with E-state index in [9.17, 15) is 9.59 Å². The zero-order chi connectivity index (χ0) is 14.4. The highest BCUT2D eigenvalue weighted by Gasteiger charge is 2.27. The van der Waals surface area contributed by atoms with E-state index in [2.05, 4.69) is 10.3 Å². The Kier molecular flexibility index (Phi) is 5.11. The number of aliphatic hydroxyl groups is 1. The summed E-state index contributed by atoms with van der Waals surface area (Å²) in [5, 5.41) is 11.5. The molecule has 0 unspecified atom stereocenters. The van der Waals surface area contributed by atoms with Gasteiger partial charge in [-0.3, -0.25) is 9.36 Å². The Balaban J connectivity index is 1.77.